The number of methoxy groups -OCH3 is 1. The Morgan fingerprint density at radius 3 is 2.32 bits per heavy atom. The molecule has 0 aromatic heterocycles. The minimum atomic E-state index is 0.762. The molecule has 3 rings (SSSR count). The van der Waals surface area contributed by atoms with E-state index in [-0.39, 0.29) is 0 Å². The smallest absolute Gasteiger partial charge is 0.191 e. The summed E-state index contributed by atoms with van der Waals surface area (Å²) in [4.78, 5) is 6.78. The molecular formula is C22H30N4OS. The molecule has 0 radical (unpaired) electrons. The molecule has 28 heavy (non-hydrogen) atoms. The van der Waals surface area contributed by atoms with Crippen molar-refractivity contribution in [2.75, 3.05) is 50.2 Å². The molecule has 2 N–H and O–H groups in total. The van der Waals surface area contributed by atoms with Gasteiger partial charge in [-0.05, 0) is 41.8 Å². The van der Waals surface area contributed by atoms with Crippen LogP contribution in [-0.4, -0.2) is 51.3 Å². The molecule has 0 amide bonds. The molecule has 150 valence electrons. The molecule has 0 saturated carbocycles. The van der Waals surface area contributed by atoms with E-state index >= 15 is 0 Å². The summed E-state index contributed by atoms with van der Waals surface area (Å²) in [5, 5.41) is 6.77. The van der Waals surface area contributed by atoms with Crippen molar-refractivity contribution in [2.24, 2.45) is 4.99 Å². The maximum absolute atomic E-state index is 5.20. The Kier molecular flexibility index (Phi) is 7.91. The van der Waals surface area contributed by atoms with E-state index in [0.29, 0.717) is 0 Å². The maximum Gasteiger partial charge on any atom is 0.191 e. The summed E-state index contributed by atoms with van der Waals surface area (Å²) in [5.74, 6) is 4.16. The molecule has 1 aliphatic rings. The fourth-order valence-corrected chi connectivity index (χ4v) is 4.07. The number of nitrogens with one attached hydrogen (secondary N) is 2. The summed E-state index contributed by atoms with van der Waals surface area (Å²) in [5.41, 5.74) is 3.86. The van der Waals surface area contributed by atoms with Crippen LogP contribution in [0.3, 0.4) is 0 Å². The van der Waals surface area contributed by atoms with Crippen LogP contribution in [0.15, 0.2) is 53.5 Å². The van der Waals surface area contributed by atoms with E-state index in [9.17, 15) is 0 Å². The predicted molar refractivity (Wildman–Crippen MR) is 121 cm³/mol. The topological polar surface area (TPSA) is 48.9 Å². The number of nitrogens with zero attached hydrogens (tertiary/aromatic N) is 2. The number of guanidine groups is 1. The van der Waals surface area contributed by atoms with Crippen molar-refractivity contribution in [1.82, 2.24) is 10.6 Å². The van der Waals surface area contributed by atoms with Crippen molar-refractivity contribution < 1.29 is 4.74 Å². The van der Waals surface area contributed by atoms with Crippen LogP contribution in [0.1, 0.15) is 11.1 Å². The summed E-state index contributed by atoms with van der Waals surface area (Å²) in [6.07, 6.45) is 0.938. The minimum Gasteiger partial charge on any atom is -0.497 e. The molecule has 5 nitrogen and oxygen atoms in total. The third-order valence-corrected chi connectivity index (χ3v) is 5.80. The van der Waals surface area contributed by atoms with Crippen LogP contribution in [0.25, 0.3) is 0 Å². The average molecular weight is 399 g/mol. The summed E-state index contributed by atoms with van der Waals surface area (Å²) < 4.78 is 5.20. The Labute approximate surface area is 172 Å². The van der Waals surface area contributed by atoms with Crippen molar-refractivity contribution >= 4 is 23.4 Å². The zero-order valence-electron chi connectivity index (χ0n) is 16.8. The molecule has 6 heteroatoms. The molecule has 0 atom stereocenters. The fraction of sp³-hybridized carbons (Fsp3) is 0.409. The van der Waals surface area contributed by atoms with Crippen LogP contribution in [0.4, 0.5) is 5.69 Å². The highest BCUT2D eigenvalue weighted by Gasteiger charge is 2.10. The standard InChI is InChI=1S/C22H30N4OS/c1-23-22(24-12-11-18-5-9-21(27-2)10-6-18)25-17-19-3-7-20(8-4-19)26-13-15-28-16-14-26/h3-10H,11-17H2,1-2H3,(H2,23,24,25). The first kappa shape index (κ1) is 20.4. The van der Waals surface area contributed by atoms with Gasteiger partial charge in [0.15, 0.2) is 5.96 Å². The molecule has 1 saturated heterocycles. The van der Waals surface area contributed by atoms with Crippen molar-refractivity contribution in [3.8, 4) is 5.75 Å². The van der Waals surface area contributed by atoms with E-state index in [1.165, 1.54) is 28.3 Å². The Morgan fingerprint density at radius 2 is 1.68 bits per heavy atom. The summed E-state index contributed by atoms with van der Waals surface area (Å²) in [7, 11) is 3.49. The lowest BCUT2D eigenvalue weighted by molar-refractivity contribution is 0.414. The number of benzene rings is 2. The Balaban J connectivity index is 1.41. The van der Waals surface area contributed by atoms with Gasteiger partial charge in [0.25, 0.3) is 0 Å². The summed E-state index contributed by atoms with van der Waals surface area (Å²) >= 11 is 2.04. The van der Waals surface area contributed by atoms with Gasteiger partial charge in [-0.25, -0.2) is 0 Å². The van der Waals surface area contributed by atoms with Gasteiger partial charge in [0.05, 0.1) is 7.11 Å². The van der Waals surface area contributed by atoms with Gasteiger partial charge >= 0.3 is 0 Å². The Bertz CT molecular complexity index is 740. The van der Waals surface area contributed by atoms with E-state index in [2.05, 4.69) is 56.9 Å². The van der Waals surface area contributed by atoms with Gasteiger partial charge in [-0.15, -0.1) is 0 Å². The third-order valence-electron chi connectivity index (χ3n) is 4.86. The fourth-order valence-electron chi connectivity index (χ4n) is 3.17. The second-order valence-electron chi connectivity index (χ2n) is 6.72. The van der Waals surface area contributed by atoms with E-state index < -0.39 is 0 Å². The van der Waals surface area contributed by atoms with Crippen molar-refractivity contribution in [2.45, 2.75) is 13.0 Å². The van der Waals surface area contributed by atoms with Gasteiger partial charge in [0.2, 0.25) is 0 Å². The monoisotopic (exact) mass is 398 g/mol. The largest absolute Gasteiger partial charge is 0.497 e. The maximum atomic E-state index is 5.20. The molecule has 0 spiro atoms. The molecule has 2 aromatic rings. The Hall–Kier alpha value is -2.34. The van der Waals surface area contributed by atoms with Crippen LogP contribution < -0.4 is 20.3 Å². The Morgan fingerprint density at radius 1 is 1.00 bits per heavy atom. The van der Waals surface area contributed by atoms with Gasteiger partial charge in [-0.3, -0.25) is 4.99 Å². The minimum absolute atomic E-state index is 0.762. The number of hydrogen-bond donors (Lipinski definition) is 2. The highest BCUT2D eigenvalue weighted by atomic mass is 32.2. The first-order valence-electron chi connectivity index (χ1n) is 9.77. The van der Waals surface area contributed by atoms with Crippen LogP contribution in [0.2, 0.25) is 0 Å². The zero-order valence-corrected chi connectivity index (χ0v) is 17.6. The molecule has 2 aromatic carbocycles. The second-order valence-corrected chi connectivity index (χ2v) is 7.94. The number of aliphatic imine (C=N–C) groups is 1. The normalized spacial score (nSPS) is 14.6. The van der Waals surface area contributed by atoms with Crippen molar-refractivity contribution in [3.63, 3.8) is 0 Å². The third kappa shape index (κ3) is 6.09. The van der Waals surface area contributed by atoms with E-state index in [1.54, 1.807) is 14.2 Å². The van der Waals surface area contributed by atoms with Crippen molar-refractivity contribution in [3.05, 3.63) is 59.7 Å². The summed E-state index contributed by atoms with van der Waals surface area (Å²) in [6.45, 7) is 3.89. The molecule has 1 heterocycles. The lowest BCUT2D eigenvalue weighted by Gasteiger charge is -2.28. The van der Waals surface area contributed by atoms with Crippen LogP contribution in [0.5, 0.6) is 5.75 Å². The second kappa shape index (κ2) is 10.9. The SMILES string of the molecule is CN=C(NCCc1ccc(OC)cc1)NCc1ccc(N2CCSCC2)cc1. The van der Waals surface area contributed by atoms with E-state index in [1.807, 2.05) is 23.9 Å². The number of thioether (sulfide) groups is 1. The highest BCUT2D eigenvalue weighted by Crippen LogP contribution is 2.19. The molecule has 0 bridgehead atoms. The van der Waals surface area contributed by atoms with Gasteiger partial charge in [0, 0.05) is 50.4 Å². The average Bonchev–Trinajstić information content (AvgIpc) is 2.77. The van der Waals surface area contributed by atoms with E-state index in [0.717, 1.165) is 44.3 Å². The number of ether oxygens (including phenoxy) is 1. The number of rotatable bonds is 7. The van der Waals surface area contributed by atoms with Crippen LogP contribution in [0, 0.1) is 0 Å². The quantitative estimate of drug-likeness (QED) is 0.554. The lowest BCUT2D eigenvalue weighted by Crippen LogP contribution is -2.37. The molecule has 1 fully saturated rings. The van der Waals surface area contributed by atoms with Gasteiger partial charge in [-0.2, -0.15) is 11.8 Å². The number of hydrogen-bond acceptors (Lipinski definition) is 4. The van der Waals surface area contributed by atoms with Gasteiger partial charge in [0.1, 0.15) is 5.75 Å². The van der Waals surface area contributed by atoms with Crippen molar-refractivity contribution in [1.29, 1.82) is 0 Å². The first-order chi connectivity index (χ1) is 13.8. The highest BCUT2D eigenvalue weighted by molar-refractivity contribution is 7.99. The molecule has 0 unspecified atom stereocenters. The van der Waals surface area contributed by atoms with Gasteiger partial charge in [-0.1, -0.05) is 24.3 Å². The first-order valence-corrected chi connectivity index (χ1v) is 10.9. The lowest BCUT2D eigenvalue weighted by atomic mass is 10.1. The van der Waals surface area contributed by atoms with Crippen LogP contribution in [-0.2, 0) is 13.0 Å². The summed E-state index contributed by atoms with van der Waals surface area (Å²) in [6, 6.07) is 17.0. The molecular weight excluding hydrogens is 368 g/mol. The number of anilines is 1. The van der Waals surface area contributed by atoms with Gasteiger partial charge < -0.3 is 20.3 Å². The van der Waals surface area contributed by atoms with Crippen LogP contribution >= 0.6 is 11.8 Å². The van der Waals surface area contributed by atoms with E-state index in [4.69, 9.17) is 4.74 Å². The predicted octanol–water partition coefficient (Wildman–Crippen LogP) is 3.16. The molecule has 1 aliphatic heterocycles. The molecule has 0 aliphatic carbocycles. The zero-order chi connectivity index (χ0) is 19.6.